The topological polar surface area (TPSA) is 70.5 Å². The third-order valence-corrected chi connectivity index (χ3v) is 5.29. The summed E-state index contributed by atoms with van der Waals surface area (Å²) in [6, 6.07) is 1.55. The molecule has 1 aromatic heterocycles. The first kappa shape index (κ1) is 17.0. The van der Waals surface area contributed by atoms with Crippen molar-refractivity contribution in [3.8, 4) is 0 Å². The molecule has 2 fully saturated rings. The highest BCUT2D eigenvalue weighted by molar-refractivity contribution is 6.07. The second-order valence-corrected chi connectivity index (χ2v) is 7.31. The van der Waals surface area contributed by atoms with Crippen molar-refractivity contribution >= 4 is 11.9 Å². The Hall–Kier alpha value is -1.89. The number of hydrogen-bond acceptors (Lipinski definition) is 4. The first-order chi connectivity index (χ1) is 11.4. The molecule has 3 rings (SSSR count). The van der Waals surface area contributed by atoms with Crippen LogP contribution < -0.4 is 5.32 Å². The molecule has 0 unspecified atom stereocenters. The average Bonchev–Trinajstić information content (AvgIpc) is 3.13. The van der Waals surface area contributed by atoms with Gasteiger partial charge in [-0.25, -0.2) is 4.79 Å². The maximum absolute atomic E-state index is 12.8. The standard InChI is InChI=1S/C17H27N5O2/c1-13(2)22-15(23)17(3,19-16(22)24)14-6-4-8-20(12-14)10-11-21-9-5-7-18-21/h5,7,9,13-14H,4,6,8,10-12H2,1-3H3,(H,19,24)/t14-,17-/m0/s1. The van der Waals surface area contributed by atoms with Crippen molar-refractivity contribution in [3.05, 3.63) is 18.5 Å². The number of nitrogens with one attached hydrogen (secondary N) is 1. The number of carbonyl (C=O) groups is 2. The predicted octanol–water partition coefficient (Wildman–Crippen LogP) is 1.31. The monoisotopic (exact) mass is 333 g/mol. The van der Waals surface area contributed by atoms with Crippen LogP contribution in [0.2, 0.25) is 0 Å². The van der Waals surface area contributed by atoms with Gasteiger partial charge in [-0.3, -0.25) is 14.4 Å². The molecule has 7 heteroatoms. The van der Waals surface area contributed by atoms with E-state index in [0.29, 0.717) is 0 Å². The second kappa shape index (κ2) is 6.55. The lowest BCUT2D eigenvalue weighted by atomic mass is 9.80. The van der Waals surface area contributed by atoms with Crippen molar-refractivity contribution in [1.29, 1.82) is 0 Å². The minimum absolute atomic E-state index is 0.0820. The highest BCUT2D eigenvalue weighted by Gasteiger charge is 2.53. The summed E-state index contributed by atoms with van der Waals surface area (Å²) in [7, 11) is 0. The van der Waals surface area contributed by atoms with Gasteiger partial charge in [0.05, 0.1) is 6.54 Å². The van der Waals surface area contributed by atoms with Gasteiger partial charge in [0.2, 0.25) is 0 Å². The molecule has 1 N–H and O–H groups in total. The van der Waals surface area contributed by atoms with Crippen LogP contribution in [0.15, 0.2) is 18.5 Å². The van der Waals surface area contributed by atoms with Crippen LogP contribution in [0.1, 0.15) is 33.6 Å². The van der Waals surface area contributed by atoms with Crippen molar-refractivity contribution in [1.82, 2.24) is 24.9 Å². The second-order valence-electron chi connectivity index (χ2n) is 7.31. The summed E-state index contributed by atoms with van der Waals surface area (Å²) in [6.45, 7) is 9.25. The summed E-state index contributed by atoms with van der Waals surface area (Å²) >= 11 is 0. The fraction of sp³-hybridized carbons (Fsp3) is 0.706. The molecule has 2 aliphatic rings. The fourth-order valence-electron chi connectivity index (χ4n) is 3.83. The summed E-state index contributed by atoms with van der Waals surface area (Å²) < 4.78 is 1.92. The fourth-order valence-corrected chi connectivity index (χ4v) is 3.83. The minimum Gasteiger partial charge on any atom is -0.323 e. The van der Waals surface area contributed by atoms with Crippen LogP contribution in [0.5, 0.6) is 0 Å². The zero-order valence-corrected chi connectivity index (χ0v) is 14.7. The van der Waals surface area contributed by atoms with Crippen molar-refractivity contribution in [2.24, 2.45) is 5.92 Å². The zero-order chi connectivity index (χ0) is 17.3. The molecule has 0 spiro atoms. The van der Waals surface area contributed by atoms with E-state index in [9.17, 15) is 9.59 Å². The number of imide groups is 1. The molecule has 2 atom stereocenters. The summed E-state index contributed by atoms with van der Waals surface area (Å²) in [5, 5.41) is 7.20. The van der Waals surface area contributed by atoms with Gasteiger partial charge in [-0.1, -0.05) is 0 Å². The van der Waals surface area contributed by atoms with Gasteiger partial charge in [0, 0.05) is 37.4 Å². The van der Waals surface area contributed by atoms with Gasteiger partial charge in [0.15, 0.2) is 0 Å². The molecular weight excluding hydrogens is 306 g/mol. The zero-order valence-electron chi connectivity index (χ0n) is 14.7. The summed E-state index contributed by atoms with van der Waals surface area (Å²) in [6.07, 6.45) is 5.76. The van der Waals surface area contributed by atoms with E-state index in [0.717, 1.165) is 39.0 Å². The maximum Gasteiger partial charge on any atom is 0.325 e. The van der Waals surface area contributed by atoms with Gasteiger partial charge in [-0.2, -0.15) is 5.10 Å². The molecule has 0 aliphatic carbocycles. The molecule has 132 valence electrons. The number of carbonyl (C=O) groups excluding carboxylic acids is 2. The Balaban J connectivity index is 1.65. The van der Waals surface area contributed by atoms with Crippen molar-refractivity contribution in [2.75, 3.05) is 19.6 Å². The van der Waals surface area contributed by atoms with E-state index in [1.165, 1.54) is 4.90 Å². The lowest BCUT2D eigenvalue weighted by molar-refractivity contribution is -0.134. The van der Waals surface area contributed by atoms with E-state index in [1.807, 2.05) is 37.7 Å². The molecule has 2 aliphatic heterocycles. The highest BCUT2D eigenvalue weighted by atomic mass is 16.2. The number of likely N-dealkylation sites (tertiary alicyclic amines) is 1. The van der Waals surface area contributed by atoms with E-state index in [4.69, 9.17) is 0 Å². The Morgan fingerprint density at radius 3 is 2.79 bits per heavy atom. The minimum atomic E-state index is -0.786. The average molecular weight is 333 g/mol. The van der Waals surface area contributed by atoms with Crippen LogP contribution in [0, 0.1) is 5.92 Å². The molecule has 24 heavy (non-hydrogen) atoms. The number of hydrogen-bond donors (Lipinski definition) is 1. The van der Waals surface area contributed by atoms with Crippen molar-refractivity contribution in [3.63, 3.8) is 0 Å². The van der Waals surface area contributed by atoms with Crippen LogP contribution in [0.3, 0.4) is 0 Å². The van der Waals surface area contributed by atoms with E-state index >= 15 is 0 Å². The molecule has 3 amide bonds. The Labute approximate surface area is 143 Å². The quantitative estimate of drug-likeness (QED) is 0.825. The van der Waals surface area contributed by atoms with Crippen LogP contribution in [0.25, 0.3) is 0 Å². The molecule has 0 bridgehead atoms. The third kappa shape index (κ3) is 3.05. The number of amides is 3. The van der Waals surface area contributed by atoms with E-state index in [2.05, 4.69) is 15.3 Å². The molecule has 0 aromatic carbocycles. The van der Waals surface area contributed by atoms with Gasteiger partial charge in [-0.05, 0) is 46.2 Å². The number of nitrogens with zero attached hydrogens (tertiary/aromatic N) is 4. The van der Waals surface area contributed by atoms with E-state index in [-0.39, 0.29) is 23.9 Å². The number of urea groups is 1. The van der Waals surface area contributed by atoms with Gasteiger partial charge in [0.1, 0.15) is 5.54 Å². The molecule has 0 radical (unpaired) electrons. The van der Waals surface area contributed by atoms with Gasteiger partial charge in [-0.15, -0.1) is 0 Å². The van der Waals surface area contributed by atoms with Crippen LogP contribution in [0.4, 0.5) is 4.79 Å². The van der Waals surface area contributed by atoms with Gasteiger partial charge >= 0.3 is 6.03 Å². The highest BCUT2D eigenvalue weighted by Crippen LogP contribution is 2.33. The smallest absolute Gasteiger partial charge is 0.323 e. The van der Waals surface area contributed by atoms with Crippen molar-refractivity contribution in [2.45, 2.75) is 51.7 Å². The van der Waals surface area contributed by atoms with Crippen LogP contribution in [-0.2, 0) is 11.3 Å². The molecule has 2 saturated heterocycles. The largest absolute Gasteiger partial charge is 0.325 e. The SMILES string of the molecule is CC(C)N1C(=O)N[C@@](C)([C@H]2CCCN(CCn3cccn3)C2)C1=O. The summed E-state index contributed by atoms with van der Waals surface area (Å²) in [5.74, 6) is 0.0606. The van der Waals surface area contributed by atoms with Crippen LogP contribution >= 0.6 is 0 Å². The van der Waals surface area contributed by atoms with Gasteiger partial charge < -0.3 is 10.2 Å². The Morgan fingerprint density at radius 1 is 1.38 bits per heavy atom. The Kier molecular flexibility index (Phi) is 4.62. The number of aromatic nitrogens is 2. The van der Waals surface area contributed by atoms with E-state index < -0.39 is 5.54 Å². The summed E-state index contributed by atoms with van der Waals surface area (Å²) in [5.41, 5.74) is -0.786. The molecular formula is C17H27N5O2. The molecule has 3 heterocycles. The lowest BCUT2D eigenvalue weighted by Crippen LogP contribution is -2.56. The predicted molar refractivity (Wildman–Crippen MR) is 90.3 cm³/mol. The maximum atomic E-state index is 12.8. The lowest BCUT2D eigenvalue weighted by Gasteiger charge is -2.40. The third-order valence-electron chi connectivity index (χ3n) is 5.29. The van der Waals surface area contributed by atoms with Gasteiger partial charge in [0.25, 0.3) is 5.91 Å². The Morgan fingerprint density at radius 2 is 2.17 bits per heavy atom. The molecule has 7 nitrogen and oxygen atoms in total. The number of piperidine rings is 1. The molecule has 0 saturated carbocycles. The summed E-state index contributed by atoms with van der Waals surface area (Å²) in [4.78, 5) is 28.8. The molecule has 1 aromatic rings. The number of rotatable bonds is 5. The first-order valence-corrected chi connectivity index (χ1v) is 8.77. The Bertz CT molecular complexity index is 600. The first-order valence-electron chi connectivity index (χ1n) is 8.77. The van der Waals surface area contributed by atoms with E-state index in [1.54, 1.807) is 6.20 Å². The normalized spacial score (nSPS) is 28.7. The van der Waals surface area contributed by atoms with Crippen LogP contribution in [-0.4, -0.2) is 62.7 Å². The van der Waals surface area contributed by atoms with Crippen molar-refractivity contribution < 1.29 is 9.59 Å².